The van der Waals surface area contributed by atoms with Crippen LogP contribution in [0, 0.1) is 0 Å². The van der Waals surface area contributed by atoms with Crippen molar-refractivity contribution in [2.75, 3.05) is 19.8 Å². The molecule has 0 aromatic heterocycles. The maximum Gasteiger partial charge on any atom is 0.416 e. The number of carbonyl (C=O) groups excluding carboxylic acids is 1. The van der Waals surface area contributed by atoms with Crippen LogP contribution in [0.3, 0.4) is 0 Å². The highest BCUT2D eigenvalue weighted by Gasteiger charge is 2.30. The zero-order valence-electron chi connectivity index (χ0n) is 14.6. The Balaban J connectivity index is 1.55. The number of carbonyl (C=O) groups is 1. The molecule has 0 saturated heterocycles. The fourth-order valence-corrected chi connectivity index (χ4v) is 2.84. The smallest absolute Gasteiger partial charge is 0.416 e. The minimum Gasteiger partial charge on any atom is -0.489 e. The Morgan fingerprint density at radius 1 is 1.18 bits per heavy atom. The quantitative estimate of drug-likeness (QED) is 0.794. The second-order valence-corrected chi connectivity index (χ2v) is 6.45. The molecule has 28 heavy (non-hydrogen) atoms. The predicted molar refractivity (Wildman–Crippen MR) is 95.8 cm³/mol. The molecule has 5 nitrogen and oxygen atoms in total. The molecule has 2 aromatic carbocycles. The standard InChI is InChI=1S/C19H17ClF3NO4/c20-15-7-12(8-16-18(15)27-6-2-5-26-16)10-24-17(25)11-28-14-4-1-3-13(9-14)19(21,22)23/h1,3-4,7-9H,2,5-6,10-11H2,(H,24,25). The normalized spacial score (nSPS) is 13.6. The number of nitrogens with one attached hydrogen (secondary N) is 1. The van der Waals surface area contributed by atoms with Crippen molar-refractivity contribution in [2.45, 2.75) is 19.1 Å². The molecule has 0 fully saturated rings. The van der Waals surface area contributed by atoms with Crippen LogP contribution in [-0.4, -0.2) is 25.7 Å². The molecule has 0 aliphatic carbocycles. The summed E-state index contributed by atoms with van der Waals surface area (Å²) in [4.78, 5) is 12.0. The van der Waals surface area contributed by atoms with E-state index < -0.39 is 24.3 Å². The van der Waals surface area contributed by atoms with Gasteiger partial charge in [-0.1, -0.05) is 17.7 Å². The first kappa shape index (κ1) is 20.1. The molecule has 1 aliphatic rings. The van der Waals surface area contributed by atoms with Crippen LogP contribution in [0.25, 0.3) is 0 Å². The van der Waals surface area contributed by atoms with Crippen molar-refractivity contribution in [1.82, 2.24) is 5.32 Å². The van der Waals surface area contributed by atoms with Crippen molar-refractivity contribution in [1.29, 1.82) is 0 Å². The fraction of sp³-hybridized carbons (Fsp3) is 0.316. The van der Waals surface area contributed by atoms with Crippen LogP contribution >= 0.6 is 11.6 Å². The molecule has 0 atom stereocenters. The second-order valence-electron chi connectivity index (χ2n) is 6.05. The van der Waals surface area contributed by atoms with E-state index in [0.717, 1.165) is 18.6 Å². The largest absolute Gasteiger partial charge is 0.489 e. The topological polar surface area (TPSA) is 56.8 Å². The highest BCUT2D eigenvalue weighted by atomic mass is 35.5. The summed E-state index contributed by atoms with van der Waals surface area (Å²) in [5.74, 6) is 0.459. The van der Waals surface area contributed by atoms with Gasteiger partial charge in [0.25, 0.3) is 5.91 Å². The van der Waals surface area contributed by atoms with Crippen LogP contribution < -0.4 is 19.5 Å². The number of rotatable bonds is 5. The van der Waals surface area contributed by atoms with Gasteiger partial charge in [-0.3, -0.25) is 4.79 Å². The van der Waals surface area contributed by atoms with E-state index in [1.54, 1.807) is 12.1 Å². The Hall–Kier alpha value is -2.61. The molecule has 0 bridgehead atoms. The van der Waals surface area contributed by atoms with Crippen LogP contribution in [0.15, 0.2) is 36.4 Å². The highest BCUT2D eigenvalue weighted by molar-refractivity contribution is 6.32. The average Bonchev–Trinajstić information content (AvgIpc) is 2.90. The lowest BCUT2D eigenvalue weighted by Gasteiger charge is -2.13. The summed E-state index contributed by atoms with van der Waals surface area (Å²) >= 11 is 6.19. The van der Waals surface area contributed by atoms with Crippen molar-refractivity contribution >= 4 is 17.5 Å². The van der Waals surface area contributed by atoms with Gasteiger partial charge in [-0.2, -0.15) is 13.2 Å². The first-order chi connectivity index (χ1) is 13.3. The Morgan fingerprint density at radius 2 is 1.96 bits per heavy atom. The molecule has 0 spiro atoms. The summed E-state index contributed by atoms with van der Waals surface area (Å²) in [6.07, 6.45) is -3.73. The summed E-state index contributed by atoms with van der Waals surface area (Å²) in [5, 5.41) is 3.00. The molecule has 1 amide bonds. The van der Waals surface area contributed by atoms with E-state index >= 15 is 0 Å². The zero-order chi connectivity index (χ0) is 20.1. The molecule has 1 heterocycles. The number of hydrogen-bond donors (Lipinski definition) is 1. The third-order valence-corrected chi connectivity index (χ3v) is 4.16. The van der Waals surface area contributed by atoms with E-state index in [-0.39, 0.29) is 12.3 Å². The van der Waals surface area contributed by atoms with Crippen LogP contribution in [-0.2, 0) is 17.5 Å². The number of amides is 1. The molecule has 1 aliphatic heterocycles. The first-order valence-electron chi connectivity index (χ1n) is 8.48. The number of hydrogen-bond acceptors (Lipinski definition) is 4. The summed E-state index contributed by atoms with van der Waals surface area (Å²) in [6, 6.07) is 7.73. The monoisotopic (exact) mass is 415 g/mol. The van der Waals surface area contributed by atoms with Gasteiger partial charge in [-0.05, 0) is 35.9 Å². The van der Waals surface area contributed by atoms with Crippen LogP contribution in [0.5, 0.6) is 17.2 Å². The number of ether oxygens (including phenoxy) is 3. The molecule has 9 heteroatoms. The Morgan fingerprint density at radius 3 is 2.75 bits per heavy atom. The van der Waals surface area contributed by atoms with Gasteiger partial charge >= 0.3 is 6.18 Å². The third-order valence-electron chi connectivity index (χ3n) is 3.88. The highest BCUT2D eigenvalue weighted by Crippen LogP contribution is 2.38. The van der Waals surface area contributed by atoms with Gasteiger partial charge < -0.3 is 19.5 Å². The van der Waals surface area contributed by atoms with Crippen molar-refractivity contribution < 1.29 is 32.2 Å². The molecule has 150 valence electrons. The fourth-order valence-electron chi connectivity index (χ4n) is 2.55. The molecule has 0 unspecified atom stereocenters. The van der Waals surface area contributed by atoms with E-state index in [4.69, 9.17) is 25.8 Å². The molecule has 1 N–H and O–H groups in total. The summed E-state index contributed by atoms with van der Waals surface area (Å²) in [7, 11) is 0. The first-order valence-corrected chi connectivity index (χ1v) is 8.85. The van der Waals surface area contributed by atoms with Gasteiger partial charge in [0.15, 0.2) is 18.1 Å². The van der Waals surface area contributed by atoms with Crippen molar-refractivity contribution in [3.63, 3.8) is 0 Å². The van der Waals surface area contributed by atoms with Gasteiger partial charge in [-0.25, -0.2) is 0 Å². The maximum absolute atomic E-state index is 12.7. The minimum absolute atomic E-state index is 0.0383. The van der Waals surface area contributed by atoms with Gasteiger partial charge in [0.2, 0.25) is 0 Å². The number of halogens is 4. The van der Waals surface area contributed by atoms with E-state index in [0.29, 0.717) is 35.3 Å². The molecule has 3 rings (SSSR count). The van der Waals surface area contributed by atoms with E-state index in [2.05, 4.69) is 5.32 Å². The van der Waals surface area contributed by atoms with Gasteiger partial charge in [-0.15, -0.1) is 0 Å². The van der Waals surface area contributed by atoms with Crippen LogP contribution in [0.1, 0.15) is 17.5 Å². The molecular weight excluding hydrogens is 399 g/mol. The molecular formula is C19H17ClF3NO4. The lowest BCUT2D eigenvalue weighted by Crippen LogP contribution is -2.28. The lowest BCUT2D eigenvalue weighted by atomic mass is 10.2. The summed E-state index contributed by atoms with van der Waals surface area (Å²) in [6.45, 7) is 0.750. The number of fused-ring (bicyclic) bond motifs is 1. The maximum atomic E-state index is 12.7. The van der Waals surface area contributed by atoms with Crippen LogP contribution in [0.4, 0.5) is 13.2 Å². The number of alkyl halides is 3. The molecule has 0 radical (unpaired) electrons. The van der Waals surface area contributed by atoms with Crippen molar-refractivity contribution in [3.05, 3.63) is 52.5 Å². The average molecular weight is 416 g/mol. The summed E-state index contributed by atoms with van der Waals surface area (Å²) in [5.41, 5.74) is -0.145. The zero-order valence-corrected chi connectivity index (χ0v) is 15.4. The molecule has 2 aromatic rings. The van der Waals surface area contributed by atoms with Crippen molar-refractivity contribution in [2.24, 2.45) is 0 Å². The van der Waals surface area contributed by atoms with Gasteiger partial charge in [0, 0.05) is 13.0 Å². The van der Waals surface area contributed by atoms with Crippen molar-refractivity contribution in [3.8, 4) is 17.2 Å². The minimum atomic E-state index is -4.47. The third kappa shape index (κ3) is 5.22. The van der Waals surface area contributed by atoms with E-state index in [9.17, 15) is 18.0 Å². The van der Waals surface area contributed by atoms with Crippen LogP contribution in [0.2, 0.25) is 5.02 Å². The second kappa shape index (κ2) is 8.60. The predicted octanol–water partition coefficient (Wildman–Crippen LogP) is 4.22. The Labute approximate surface area is 164 Å². The Bertz CT molecular complexity index is 858. The van der Waals surface area contributed by atoms with Gasteiger partial charge in [0.05, 0.1) is 23.8 Å². The van der Waals surface area contributed by atoms with Gasteiger partial charge in [0.1, 0.15) is 5.75 Å². The molecule has 0 saturated carbocycles. The van der Waals surface area contributed by atoms with E-state index in [1.807, 2.05) is 0 Å². The van der Waals surface area contributed by atoms with E-state index in [1.165, 1.54) is 12.1 Å². The lowest BCUT2D eigenvalue weighted by molar-refractivity contribution is -0.137. The SMILES string of the molecule is O=C(COc1cccc(C(F)(F)F)c1)NCc1cc(Cl)c2c(c1)OCCCO2. The number of benzene rings is 2. The Kier molecular flexibility index (Phi) is 6.18. The summed E-state index contributed by atoms with van der Waals surface area (Å²) < 4.78 is 54.3.